The number of phenolic OH excluding ortho intramolecular Hbond substituents is 1. The molecule has 1 aromatic rings. The maximum Gasteiger partial charge on any atom is 0.335 e. The van der Waals surface area contributed by atoms with Gasteiger partial charge in [0.15, 0.2) is 0 Å². The van der Waals surface area contributed by atoms with Gasteiger partial charge in [-0.2, -0.15) is 0 Å². The molecule has 0 unspecified atom stereocenters. The van der Waals surface area contributed by atoms with Gasteiger partial charge in [-0.3, -0.25) is 0 Å². The number of carbonyl (C=O) groups is 1. The van der Waals surface area contributed by atoms with Crippen LogP contribution in [0.2, 0.25) is 0 Å². The number of aromatic hydroxyl groups is 1. The maximum absolute atomic E-state index is 10.8. The van der Waals surface area contributed by atoms with E-state index in [1.807, 2.05) is 20.8 Å². The molecule has 0 aliphatic rings. The van der Waals surface area contributed by atoms with Crippen molar-refractivity contribution in [3.8, 4) is 5.75 Å². The third kappa shape index (κ3) is 2.29. The van der Waals surface area contributed by atoms with Gasteiger partial charge in [-0.05, 0) is 30.0 Å². The van der Waals surface area contributed by atoms with Crippen molar-refractivity contribution in [3.63, 3.8) is 0 Å². The van der Waals surface area contributed by atoms with Gasteiger partial charge in [0, 0.05) is 5.56 Å². The van der Waals surface area contributed by atoms with Gasteiger partial charge in [-0.15, -0.1) is 0 Å². The largest absolute Gasteiger partial charge is 0.508 e. The zero-order valence-corrected chi connectivity index (χ0v) is 9.24. The van der Waals surface area contributed by atoms with Crippen molar-refractivity contribution in [2.45, 2.75) is 32.6 Å². The van der Waals surface area contributed by atoms with Crippen molar-refractivity contribution in [2.75, 3.05) is 0 Å². The molecule has 0 aliphatic carbocycles. The van der Waals surface area contributed by atoms with Gasteiger partial charge in [0.05, 0.1) is 5.56 Å². The Morgan fingerprint density at radius 2 is 2.00 bits per heavy atom. The Morgan fingerprint density at radius 3 is 2.47 bits per heavy atom. The summed E-state index contributed by atoms with van der Waals surface area (Å²) in [6.07, 6.45) is 0.837. The lowest BCUT2D eigenvalue weighted by Gasteiger charge is -2.24. The lowest BCUT2D eigenvalue weighted by Crippen LogP contribution is -2.16. The summed E-state index contributed by atoms with van der Waals surface area (Å²) >= 11 is 0. The van der Waals surface area contributed by atoms with Crippen LogP contribution in [-0.4, -0.2) is 16.2 Å². The van der Waals surface area contributed by atoms with Crippen molar-refractivity contribution >= 4 is 5.97 Å². The van der Waals surface area contributed by atoms with Crippen LogP contribution in [0.1, 0.15) is 43.1 Å². The van der Waals surface area contributed by atoms with E-state index >= 15 is 0 Å². The molecule has 3 nitrogen and oxygen atoms in total. The molecule has 0 radical (unpaired) electrons. The molecule has 0 spiro atoms. The molecule has 0 bridgehead atoms. The summed E-state index contributed by atoms with van der Waals surface area (Å²) in [6, 6.07) is 4.39. The summed E-state index contributed by atoms with van der Waals surface area (Å²) < 4.78 is 0. The average Bonchev–Trinajstić information content (AvgIpc) is 2.17. The summed E-state index contributed by atoms with van der Waals surface area (Å²) in [4.78, 5) is 10.8. The van der Waals surface area contributed by atoms with Gasteiger partial charge in [0.2, 0.25) is 0 Å². The first-order valence-electron chi connectivity index (χ1n) is 4.95. The van der Waals surface area contributed by atoms with E-state index in [4.69, 9.17) is 5.11 Å². The predicted octanol–water partition coefficient (Wildman–Crippen LogP) is 2.78. The van der Waals surface area contributed by atoms with Crippen LogP contribution >= 0.6 is 0 Å². The molecule has 0 fully saturated rings. The number of hydrogen-bond acceptors (Lipinski definition) is 2. The van der Waals surface area contributed by atoms with Crippen molar-refractivity contribution in [2.24, 2.45) is 0 Å². The molecule has 2 N–H and O–H groups in total. The van der Waals surface area contributed by atoms with E-state index in [2.05, 4.69) is 0 Å². The summed E-state index contributed by atoms with van der Waals surface area (Å²) in [5, 5.41) is 18.5. The average molecular weight is 208 g/mol. The number of hydrogen-bond donors (Lipinski definition) is 2. The highest BCUT2D eigenvalue weighted by atomic mass is 16.4. The maximum atomic E-state index is 10.8. The molecule has 82 valence electrons. The minimum absolute atomic E-state index is 0.159. The van der Waals surface area contributed by atoms with Crippen molar-refractivity contribution in [1.82, 2.24) is 0 Å². The quantitative estimate of drug-likeness (QED) is 0.803. The first-order valence-corrected chi connectivity index (χ1v) is 4.95. The van der Waals surface area contributed by atoms with E-state index < -0.39 is 5.97 Å². The van der Waals surface area contributed by atoms with Crippen LogP contribution in [0.25, 0.3) is 0 Å². The van der Waals surface area contributed by atoms with Gasteiger partial charge in [0.25, 0.3) is 0 Å². The van der Waals surface area contributed by atoms with Crippen molar-refractivity contribution in [1.29, 1.82) is 0 Å². The normalized spacial score (nSPS) is 11.4. The second kappa shape index (κ2) is 3.93. The van der Waals surface area contributed by atoms with Crippen LogP contribution in [0.3, 0.4) is 0 Å². The third-order valence-corrected chi connectivity index (χ3v) is 2.86. The molecule has 0 heterocycles. The zero-order valence-electron chi connectivity index (χ0n) is 9.24. The van der Waals surface area contributed by atoms with Gasteiger partial charge >= 0.3 is 5.97 Å². The first kappa shape index (κ1) is 11.6. The Bertz CT molecular complexity index is 380. The second-order valence-corrected chi connectivity index (χ2v) is 4.27. The topological polar surface area (TPSA) is 57.5 Å². The SMILES string of the molecule is CCC(C)(C)c1cc(C(=O)O)ccc1O. The van der Waals surface area contributed by atoms with Crippen LogP contribution in [0.5, 0.6) is 5.75 Å². The van der Waals surface area contributed by atoms with E-state index in [9.17, 15) is 9.90 Å². The minimum Gasteiger partial charge on any atom is -0.508 e. The van der Waals surface area contributed by atoms with Crippen molar-refractivity contribution < 1.29 is 15.0 Å². The van der Waals surface area contributed by atoms with E-state index in [1.165, 1.54) is 12.1 Å². The number of aromatic carboxylic acids is 1. The molecule has 1 aromatic carbocycles. The fourth-order valence-electron chi connectivity index (χ4n) is 1.40. The van der Waals surface area contributed by atoms with E-state index in [1.54, 1.807) is 6.07 Å². The monoisotopic (exact) mass is 208 g/mol. The molecular formula is C12H16O3. The number of phenols is 1. The number of rotatable bonds is 3. The van der Waals surface area contributed by atoms with Crippen LogP contribution in [-0.2, 0) is 5.41 Å². The minimum atomic E-state index is -0.969. The van der Waals surface area contributed by atoms with Crippen LogP contribution < -0.4 is 0 Å². The Hall–Kier alpha value is -1.51. The van der Waals surface area contributed by atoms with Crippen LogP contribution in [0.15, 0.2) is 18.2 Å². The molecular weight excluding hydrogens is 192 g/mol. The van der Waals surface area contributed by atoms with Gasteiger partial charge in [-0.25, -0.2) is 4.79 Å². The predicted molar refractivity (Wildman–Crippen MR) is 58.4 cm³/mol. The highest BCUT2D eigenvalue weighted by Gasteiger charge is 2.22. The van der Waals surface area contributed by atoms with Crippen LogP contribution in [0, 0.1) is 0 Å². The molecule has 0 amide bonds. The Kier molecular flexibility index (Phi) is 3.03. The van der Waals surface area contributed by atoms with Gasteiger partial charge in [-0.1, -0.05) is 20.8 Å². The summed E-state index contributed by atoms with van der Waals surface area (Å²) in [6.45, 7) is 5.97. The lowest BCUT2D eigenvalue weighted by atomic mass is 9.81. The lowest BCUT2D eigenvalue weighted by molar-refractivity contribution is 0.0696. The molecule has 0 atom stereocenters. The van der Waals surface area contributed by atoms with E-state index in [0.29, 0.717) is 5.56 Å². The first-order chi connectivity index (χ1) is 6.88. The van der Waals surface area contributed by atoms with Gasteiger partial charge in [0.1, 0.15) is 5.75 Å². The molecule has 0 aliphatic heterocycles. The Labute approximate surface area is 89.4 Å². The summed E-state index contributed by atoms with van der Waals surface area (Å²) in [5.41, 5.74) is 0.685. The van der Waals surface area contributed by atoms with Gasteiger partial charge < -0.3 is 10.2 Å². The summed E-state index contributed by atoms with van der Waals surface area (Å²) in [5.74, 6) is -0.810. The number of carboxylic acid groups (broad SMARTS) is 1. The Balaban J connectivity index is 3.28. The highest BCUT2D eigenvalue weighted by molar-refractivity contribution is 5.88. The second-order valence-electron chi connectivity index (χ2n) is 4.27. The smallest absolute Gasteiger partial charge is 0.335 e. The Morgan fingerprint density at radius 1 is 1.40 bits per heavy atom. The van der Waals surface area contributed by atoms with Crippen LogP contribution in [0.4, 0.5) is 0 Å². The molecule has 0 aromatic heterocycles. The number of benzene rings is 1. The zero-order chi connectivity index (χ0) is 11.6. The summed E-state index contributed by atoms with van der Waals surface area (Å²) in [7, 11) is 0. The molecule has 0 saturated carbocycles. The fourth-order valence-corrected chi connectivity index (χ4v) is 1.40. The van der Waals surface area contributed by atoms with Crippen molar-refractivity contribution in [3.05, 3.63) is 29.3 Å². The number of carboxylic acids is 1. The molecule has 15 heavy (non-hydrogen) atoms. The standard InChI is InChI=1S/C12H16O3/c1-4-12(2,3)9-7-8(11(14)15)5-6-10(9)13/h5-7,13H,4H2,1-3H3,(H,14,15). The molecule has 3 heteroatoms. The third-order valence-electron chi connectivity index (χ3n) is 2.86. The fraction of sp³-hybridized carbons (Fsp3) is 0.417. The van der Waals surface area contributed by atoms with E-state index in [-0.39, 0.29) is 16.7 Å². The molecule has 0 saturated heterocycles. The molecule has 1 rings (SSSR count). The highest BCUT2D eigenvalue weighted by Crippen LogP contribution is 2.34. The van der Waals surface area contributed by atoms with E-state index in [0.717, 1.165) is 6.42 Å².